The number of nitrogens with one attached hydrogen (secondary N) is 1. The highest BCUT2D eigenvalue weighted by molar-refractivity contribution is 5.93. The summed E-state index contributed by atoms with van der Waals surface area (Å²) in [4.78, 5) is 11.9. The van der Waals surface area contributed by atoms with E-state index in [0.717, 1.165) is 6.42 Å². The lowest BCUT2D eigenvalue weighted by molar-refractivity contribution is -0.118. The maximum Gasteiger partial charge on any atom is 0.262 e. The summed E-state index contributed by atoms with van der Waals surface area (Å²) >= 11 is 0. The molecule has 0 atom stereocenters. The lowest BCUT2D eigenvalue weighted by atomic mass is 10.3. The minimum Gasteiger partial charge on any atom is -0.491 e. The van der Waals surface area contributed by atoms with Crippen molar-refractivity contribution in [2.45, 2.75) is 20.3 Å². The second-order valence-electron chi connectivity index (χ2n) is 4.46. The first-order valence-electron chi connectivity index (χ1n) is 6.77. The van der Waals surface area contributed by atoms with Gasteiger partial charge in [-0.05, 0) is 30.6 Å². The Balaban J connectivity index is 1.90. The molecule has 0 aliphatic heterocycles. The van der Waals surface area contributed by atoms with Gasteiger partial charge in [0.15, 0.2) is 6.61 Å². The fraction of sp³-hybridized carbons (Fsp3) is 0.333. The molecule has 2 aromatic rings. The van der Waals surface area contributed by atoms with Gasteiger partial charge in [0.1, 0.15) is 11.5 Å². The van der Waals surface area contributed by atoms with Crippen molar-refractivity contribution in [1.29, 1.82) is 0 Å². The summed E-state index contributed by atoms with van der Waals surface area (Å²) in [7, 11) is 0. The molecule has 0 aliphatic carbocycles. The van der Waals surface area contributed by atoms with Crippen LogP contribution in [0.4, 0.5) is 5.69 Å². The minimum absolute atomic E-state index is 0.145. The number of carbonyl (C=O) groups is 1. The molecule has 1 aromatic carbocycles. The largest absolute Gasteiger partial charge is 0.491 e. The highest BCUT2D eigenvalue weighted by atomic mass is 16.5. The van der Waals surface area contributed by atoms with Crippen LogP contribution in [0, 0.1) is 6.92 Å². The maximum atomic E-state index is 11.9. The van der Waals surface area contributed by atoms with Gasteiger partial charge in [-0.3, -0.25) is 4.79 Å². The Hall–Kier alpha value is -2.50. The number of aryl methyl sites for hydroxylation is 1. The van der Waals surface area contributed by atoms with Crippen LogP contribution in [-0.4, -0.2) is 24.3 Å². The number of benzene rings is 1. The van der Waals surface area contributed by atoms with Gasteiger partial charge in [0, 0.05) is 6.07 Å². The quantitative estimate of drug-likeness (QED) is 0.848. The van der Waals surface area contributed by atoms with E-state index in [4.69, 9.17) is 14.0 Å². The molecule has 112 valence electrons. The van der Waals surface area contributed by atoms with E-state index in [1.54, 1.807) is 19.1 Å². The van der Waals surface area contributed by atoms with Crippen LogP contribution < -0.4 is 14.8 Å². The van der Waals surface area contributed by atoms with Gasteiger partial charge in [-0.25, -0.2) is 0 Å². The number of amides is 1. The summed E-state index contributed by atoms with van der Waals surface area (Å²) in [6, 6.07) is 8.90. The molecule has 2 rings (SSSR count). The van der Waals surface area contributed by atoms with Crippen LogP contribution in [-0.2, 0) is 4.79 Å². The van der Waals surface area contributed by atoms with E-state index >= 15 is 0 Å². The molecule has 6 heteroatoms. The molecular weight excluding hydrogens is 272 g/mol. The van der Waals surface area contributed by atoms with Crippen LogP contribution >= 0.6 is 0 Å². The van der Waals surface area contributed by atoms with E-state index in [1.165, 1.54) is 0 Å². The van der Waals surface area contributed by atoms with Crippen molar-refractivity contribution in [3.05, 3.63) is 36.1 Å². The summed E-state index contributed by atoms with van der Waals surface area (Å²) in [6.07, 6.45) is 0.900. The summed E-state index contributed by atoms with van der Waals surface area (Å²) in [5, 5.41) is 6.40. The van der Waals surface area contributed by atoms with E-state index in [-0.39, 0.29) is 18.4 Å². The van der Waals surface area contributed by atoms with Crippen LogP contribution in [0.1, 0.15) is 19.1 Å². The smallest absolute Gasteiger partial charge is 0.262 e. The molecule has 1 aromatic heterocycles. The van der Waals surface area contributed by atoms with Crippen LogP contribution in [0.3, 0.4) is 0 Å². The highest BCUT2D eigenvalue weighted by Gasteiger charge is 2.09. The van der Waals surface area contributed by atoms with Crippen molar-refractivity contribution in [2.75, 3.05) is 18.5 Å². The molecule has 1 heterocycles. The average Bonchev–Trinajstić information content (AvgIpc) is 2.90. The molecule has 0 saturated carbocycles. The summed E-state index contributed by atoms with van der Waals surface area (Å²) < 4.78 is 15.6. The number of rotatable bonds is 7. The normalized spacial score (nSPS) is 10.2. The number of carbonyl (C=O) groups excluding carboxylic acids is 1. The SMILES string of the molecule is CCCOc1ccccc1NC(=O)COc1cc(C)on1. The molecule has 0 bridgehead atoms. The molecule has 1 amide bonds. The summed E-state index contributed by atoms with van der Waals surface area (Å²) in [6.45, 7) is 4.23. The maximum absolute atomic E-state index is 11.9. The number of hydrogen-bond acceptors (Lipinski definition) is 5. The number of aromatic nitrogens is 1. The number of anilines is 1. The van der Waals surface area contributed by atoms with E-state index < -0.39 is 0 Å². The van der Waals surface area contributed by atoms with E-state index in [1.807, 2.05) is 25.1 Å². The highest BCUT2D eigenvalue weighted by Crippen LogP contribution is 2.23. The number of ether oxygens (including phenoxy) is 2. The van der Waals surface area contributed by atoms with Crippen molar-refractivity contribution in [3.8, 4) is 11.6 Å². The lowest BCUT2D eigenvalue weighted by Crippen LogP contribution is -2.20. The zero-order valence-corrected chi connectivity index (χ0v) is 12.1. The van der Waals surface area contributed by atoms with Crippen LogP contribution in [0.15, 0.2) is 34.9 Å². The Kier molecular flexibility index (Phi) is 5.20. The number of hydrogen-bond donors (Lipinski definition) is 1. The topological polar surface area (TPSA) is 73.6 Å². The van der Waals surface area contributed by atoms with Crippen molar-refractivity contribution in [2.24, 2.45) is 0 Å². The fourth-order valence-electron chi connectivity index (χ4n) is 1.65. The van der Waals surface area contributed by atoms with Gasteiger partial charge in [0.25, 0.3) is 11.8 Å². The average molecular weight is 290 g/mol. The molecule has 1 N–H and O–H groups in total. The Labute approximate surface area is 123 Å². The molecular formula is C15H18N2O4. The molecule has 0 fully saturated rings. The van der Waals surface area contributed by atoms with Gasteiger partial charge in [0.2, 0.25) is 0 Å². The fourth-order valence-corrected chi connectivity index (χ4v) is 1.65. The molecule has 0 radical (unpaired) electrons. The molecule has 0 saturated heterocycles. The predicted molar refractivity (Wildman–Crippen MR) is 77.6 cm³/mol. The van der Waals surface area contributed by atoms with Gasteiger partial charge >= 0.3 is 0 Å². The van der Waals surface area contributed by atoms with Crippen molar-refractivity contribution >= 4 is 11.6 Å². The Morgan fingerprint density at radius 2 is 2.14 bits per heavy atom. The Morgan fingerprint density at radius 1 is 1.33 bits per heavy atom. The molecule has 0 aliphatic rings. The van der Waals surface area contributed by atoms with Crippen LogP contribution in [0.5, 0.6) is 11.6 Å². The first kappa shape index (κ1) is 14.9. The first-order valence-corrected chi connectivity index (χ1v) is 6.77. The van der Waals surface area contributed by atoms with E-state index in [9.17, 15) is 4.79 Å². The molecule has 21 heavy (non-hydrogen) atoms. The van der Waals surface area contributed by atoms with Gasteiger partial charge in [-0.15, -0.1) is 0 Å². The van der Waals surface area contributed by atoms with Gasteiger partial charge in [-0.2, -0.15) is 0 Å². The van der Waals surface area contributed by atoms with Crippen molar-refractivity contribution in [3.63, 3.8) is 0 Å². The summed E-state index contributed by atoms with van der Waals surface area (Å²) in [5.74, 6) is 1.27. The zero-order chi connectivity index (χ0) is 15.1. The summed E-state index contributed by atoms with van der Waals surface area (Å²) in [5.41, 5.74) is 0.621. The third-order valence-corrected chi connectivity index (χ3v) is 2.58. The lowest BCUT2D eigenvalue weighted by Gasteiger charge is -2.11. The van der Waals surface area contributed by atoms with Gasteiger partial charge in [-0.1, -0.05) is 19.1 Å². The Bertz CT molecular complexity index is 595. The predicted octanol–water partition coefficient (Wildman–Crippen LogP) is 2.79. The standard InChI is InChI=1S/C15H18N2O4/c1-3-8-19-13-7-5-4-6-12(13)16-14(18)10-20-15-9-11(2)21-17-15/h4-7,9H,3,8,10H2,1-2H3,(H,16,18). The monoisotopic (exact) mass is 290 g/mol. The van der Waals surface area contributed by atoms with Crippen LogP contribution in [0.2, 0.25) is 0 Å². The third-order valence-electron chi connectivity index (χ3n) is 2.58. The second-order valence-corrected chi connectivity index (χ2v) is 4.46. The first-order chi connectivity index (χ1) is 10.2. The molecule has 6 nitrogen and oxygen atoms in total. The van der Waals surface area contributed by atoms with Gasteiger partial charge < -0.3 is 19.3 Å². The molecule has 0 unspecified atom stereocenters. The van der Waals surface area contributed by atoms with Gasteiger partial charge in [0.05, 0.1) is 12.3 Å². The second kappa shape index (κ2) is 7.33. The minimum atomic E-state index is -0.289. The van der Waals surface area contributed by atoms with E-state index in [0.29, 0.717) is 23.8 Å². The number of para-hydroxylation sites is 2. The van der Waals surface area contributed by atoms with E-state index in [2.05, 4.69) is 10.5 Å². The zero-order valence-electron chi connectivity index (χ0n) is 12.1. The van der Waals surface area contributed by atoms with Crippen molar-refractivity contribution < 1.29 is 18.8 Å². The number of nitrogens with zero attached hydrogens (tertiary/aromatic N) is 1. The Morgan fingerprint density at radius 3 is 2.86 bits per heavy atom. The third kappa shape index (κ3) is 4.52. The van der Waals surface area contributed by atoms with Crippen molar-refractivity contribution in [1.82, 2.24) is 5.16 Å². The van der Waals surface area contributed by atoms with Crippen LogP contribution in [0.25, 0.3) is 0 Å². The molecule has 0 spiro atoms.